The number of hydrogen-bond acceptors (Lipinski definition) is 0. The number of rotatable bonds is 7. The maximum Gasteiger partial charge on any atom is -1.00 e. The number of benzene rings is 3. The van der Waals surface area contributed by atoms with Crippen LogP contribution in [0.2, 0.25) is 0 Å². The predicted molar refractivity (Wildman–Crippen MR) is 235 cm³/mol. The maximum atomic E-state index is 2.67. The molecule has 0 aliphatic heterocycles. The minimum absolute atomic E-state index is 0. The first kappa shape index (κ1) is 53.0. The van der Waals surface area contributed by atoms with Crippen LogP contribution >= 0.6 is 0 Å². The summed E-state index contributed by atoms with van der Waals surface area (Å²) in [6.45, 7) is 45.6. The zero-order valence-corrected chi connectivity index (χ0v) is 43.6. The molecule has 0 saturated heterocycles. The molecule has 0 N–H and O–H groups in total. The van der Waals surface area contributed by atoms with Gasteiger partial charge in [0.25, 0.3) is 0 Å². The minimum atomic E-state index is -2.97. The summed E-state index contributed by atoms with van der Waals surface area (Å²) in [5.41, 5.74) is 10.3. The average Bonchev–Trinajstić information content (AvgIpc) is 3.37. The molecule has 0 saturated carbocycles. The zero-order chi connectivity index (χ0) is 40.3. The van der Waals surface area contributed by atoms with Crippen molar-refractivity contribution in [2.24, 2.45) is 0 Å². The van der Waals surface area contributed by atoms with Crippen molar-refractivity contribution in [3.8, 4) is 0 Å². The molecule has 0 spiro atoms. The van der Waals surface area contributed by atoms with Crippen LogP contribution < -0.4 is 52.8 Å². The number of unbranched alkanes of at least 4 members (excludes halogenated alkanes) is 1. The van der Waals surface area contributed by atoms with E-state index in [1.807, 2.05) is 0 Å². The van der Waals surface area contributed by atoms with Crippen LogP contribution in [0.3, 0.4) is 0 Å². The Bertz CT molecular complexity index is 1610. The van der Waals surface area contributed by atoms with Gasteiger partial charge < -0.3 is 37.2 Å². The van der Waals surface area contributed by atoms with E-state index in [1.54, 1.807) is 30.2 Å². The van der Waals surface area contributed by atoms with E-state index in [0.717, 1.165) is 12.8 Å². The van der Waals surface area contributed by atoms with Crippen LogP contribution in [0.1, 0.15) is 191 Å². The topological polar surface area (TPSA) is 0 Å². The number of hydrogen-bond donors (Lipinski definition) is 0. The van der Waals surface area contributed by atoms with E-state index in [9.17, 15) is 0 Å². The van der Waals surface area contributed by atoms with Crippen molar-refractivity contribution in [3.63, 3.8) is 0 Å². The van der Waals surface area contributed by atoms with Crippen molar-refractivity contribution < 1.29 is 57.7 Å². The van der Waals surface area contributed by atoms with Gasteiger partial charge in [-0.05, 0) is 0 Å². The fourth-order valence-corrected chi connectivity index (χ4v) is 14.3. The Morgan fingerprint density at radius 1 is 0.446 bits per heavy atom. The van der Waals surface area contributed by atoms with Gasteiger partial charge in [0, 0.05) is 0 Å². The van der Waals surface area contributed by atoms with Gasteiger partial charge in [-0.3, -0.25) is 0 Å². The molecule has 4 rings (SSSR count). The van der Waals surface area contributed by atoms with Crippen molar-refractivity contribution in [1.82, 2.24) is 0 Å². The first-order valence-electron chi connectivity index (χ1n) is 20.6. The molecule has 0 bridgehead atoms. The van der Waals surface area contributed by atoms with Crippen molar-refractivity contribution in [3.05, 3.63) is 109 Å². The third-order valence-electron chi connectivity index (χ3n) is 11.7. The van der Waals surface area contributed by atoms with E-state index in [4.69, 9.17) is 0 Å². The van der Waals surface area contributed by atoms with Crippen LogP contribution in [0, 0.1) is 0 Å². The Balaban J connectivity index is 0.00000523. The first-order valence-corrected chi connectivity index (χ1v) is 23.3. The summed E-state index contributed by atoms with van der Waals surface area (Å²) in [5, 5.41) is 6.33. The van der Waals surface area contributed by atoms with Crippen molar-refractivity contribution >= 4 is 23.6 Å². The molecule has 3 aromatic carbocycles. The van der Waals surface area contributed by atoms with Gasteiger partial charge in [-0.2, -0.15) is 0 Å². The Morgan fingerprint density at radius 3 is 0.911 bits per heavy atom. The standard InChI is InChI=1S/C51H75Si.3ClH.Ti/c1-20-21-22-35-23-24-42(25-35)52(43-29-36(46(2,3)4)26-37(30-43)47(5,6)7,44-31-38(48(8,9)10)27-39(32-44)49(11,12)13)45-33-40(50(14,15)16)28-41(34-45)51(17,18)19;;;;/h23,26-34H,20-22,24H2,1-19H3;3*1H;/q;;;;+3/p-3. The molecule has 0 aromatic heterocycles. The second-order valence-electron chi connectivity index (χ2n) is 22.5. The third kappa shape index (κ3) is 11.4. The second-order valence-corrected chi connectivity index (χ2v) is 27.2. The van der Waals surface area contributed by atoms with Gasteiger partial charge in [0.1, 0.15) is 0 Å². The maximum absolute atomic E-state index is 2.97. The molecule has 0 atom stereocenters. The van der Waals surface area contributed by atoms with Gasteiger partial charge >= 0.3 is 342 Å². The summed E-state index contributed by atoms with van der Waals surface area (Å²) in [7, 11) is -2.97. The molecule has 1 aliphatic rings. The Kier molecular flexibility index (Phi) is 17.3. The molecule has 0 unspecified atom stereocenters. The summed E-state index contributed by atoms with van der Waals surface area (Å²) in [6, 6.07) is 23.6. The largest absolute Gasteiger partial charge is 1.00 e. The van der Waals surface area contributed by atoms with Crippen LogP contribution in [0.4, 0.5) is 0 Å². The molecular formula is C51H75Cl3SiTi. The summed E-state index contributed by atoms with van der Waals surface area (Å²) in [5.74, 6) is 0. The van der Waals surface area contributed by atoms with E-state index < -0.39 is 8.07 Å². The molecule has 0 radical (unpaired) electrons. The molecule has 5 heteroatoms. The second kappa shape index (κ2) is 18.3. The van der Waals surface area contributed by atoms with Gasteiger partial charge in [-0.1, -0.05) is 0 Å². The Morgan fingerprint density at radius 2 is 0.696 bits per heavy atom. The van der Waals surface area contributed by atoms with Crippen LogP contribution in [-0.4, -0.2) is 8.07 Å². The Hall–Kier alpha value is -1.06. The summed E-state index contributed by atoms with van der Waals surface area (Å²) >= 11 is 2.49. The predicted octanol–water partition coefficient (Wildman–Crippen LogP) is 3.81. The summed E-state index contributed by atoms with van der Waals surface area (Å²) in [4.78, 5) is 0. The molecule has 0 amide bonds. The van der Waals surface area contributed by atoms with Gasteiger partial charge in [0.05, 0.1) is 0 Å². The normalized spacial score (nSPS) is 14.6. The first-order chi connectivity index (χ1) is 23.9. The molecule has 0 nitrogen and oxygen atoms in total. The van der Waals surface area contributed by atoms with Crippen LogP contribution in [0.15, 0.2) is 75.3 Å². The number of halogens is 3. The monoisotopic (exact) mass is 868 g/mol. The van der Waals surface area contributed by atoms with E-state index in [0.29, 0.717) is 0 Å². The SMILES string of the molecule is CCCCC1=CCC([Si](c2cc(C(C)(C)C)cc(C(C)(C)C)c2)(c2cc(C(C)(C)C)cc(C(C)(C)C)c2)c2cc(C(C)(C)C)cc(C(C)(C)C)c2)=[C]1[Ti+3].[Cl-].[Cl-].[Cl-]. The average molecular weight is 870 g/mol. The van der Waals surface area contributed by atoms with Crippen LogP contribution in [0.5, 0.6) is 0 Å². The van der Waals surface area contributed by atoms with E-state index >= 15 is 0 Å². The zero-order valence-electron chi connectivity index (χ0n) is 38.7. The van der Waals surface area contributed by atoms with Gasteiger partial charge in [0.15, 0.2) is 0 Å². The van der Waals surface area contributed by atoms with Crippen molar-refractivity contribution in [2.75, 3.05) is 0 Å². The fraction of sp³-hybridized carbons (Fsp3) is 0.569. The minimum Gasteiger partial charge on any atom is -1.00 e. The van der Waals surface area contributed by atoms with Gasteiger partial charge in [-0.25, -0.2) is 0 Å². The van der Waals surface area contributed by atoms with Crippen LogP contribution in [0.25, 0.3) is 0 Å². The van der Waals surface area contributed by atoms with Crippen molar-refractivity contribution in [1.29, 1.82) is 0 Å². The molecule has 308 valence electrons. The molecular weight excluding hydrogens is 795 g/mol. The Labute approximate surface area is 377 Å². The smallest absolute Gasteiger partial charge is 1.00 e. The quantitative estimate of drug-likeness (QED) is 0.251. The van der Waals surface area contributed by atoms with Gasteiger partial charge in [-0.15, -0.1) is 0 Å². The molecule has 0 heterocycles. The van der Waals surface area contributed by atoms with Crippen LogP contribution in [-0.2, 0) is 52.9 Å². The number of allylic oxidation sites excluding steroid dienone is 4. The van der Waals surface area contributed by atoms with E-state index in [-0.39, 0.29) is 69.7 Å². The molecule has 0 fully saturated rings. The molecule has 3 aromatic rings. The molecule has 1 aliphatic carbocycles. The van der Waals surface area contributed by atoms with E-state index in [2.05, 4.69) is 213 Å². The van der Waals surface area contributed by atoms with Crippen molar-refractivity contribution in [2.45, 2.75) is 190 Å². The molecule has 56 heavy (non-hydrogen) atoms. The summed E-state index contributed by atoms with van der Waals surface area (Å²) < 4.78 is 1.56. The fourth-order valence-electron chi connectivity index (χ4n) is 7.71. The third-order valence-corrected chi connectivity index (χ3v) is 17.9. The van der Waals surface area contributed by atoms with Gasteiger partial charge in [0.2, 0.25) is 0 Å². The van der Waals surface area contributed by atoms with E-state index in [1.165, 1.54) is 46.2 Å². The summed E-state index contributed by atoms with van der Waals surface area (Å²) in [6.07, 6.45) is 7.26.